The van der Waals surface area contributed by atoms with E-state index in [9.17, 15) is 0 Å². The third-order valence-electron chi connectivity index (χ3n) is 2.52. The predicted molar refractivity (Wildman–Crippen MR) is 54.2 cm³/mol. The smallest absolute Gasteiger partial charge is 0.0624 e. The number of nitrogens with zero attached hydrogens (tertiary/aromatic N) is 1. The van der Waals surface area contributed by atoms with Crippen LogP contribution in [0.25, 0.3) is 0 Å². The summed E-state index contributed by atoms with van der Waals surface area (Å²) in [6.45, 7) is 4.15. The zero-order valence-electron chi connectivity index (χ0n) is 7.68. The lowest BCUT2D eigenvalue weighted by atomic mass is 9.99. The highest BCUT2D eigenvalue weighted by Gasteiger charge is 2.19. The second-order valence-corrected chi connectivity index (χ2v) is 3.94. The molecule has 1 atom stereocenters. The van der Waals surface area contributed by atoms with Crippen LogP contribution in [0.3, 0.4) is 0 Å². The summed E-state index contributed by atoms with van der Waals surface area (Å²) in [5.41, 5.74) is 2.30. The molecule has 0 saturated carbocycles. The summed E-state index contributed by atoms with van der Waals surface area (Å²) in [7, 11) is 0. The van der Waals surface area contributed by atoms with Crippen molar-refractivity contribution < 1.29 is 0 Å². The van der Waals surface area contributed by atoms with Crippen LogP contribution in [-0.4, -0.2) is 18.1 Å². The van der Waals surface area contributed by atoms with Gasteiger partial charge in [-0.1, -0.05) is 11.6 Å². The van der Waals surface area contributed by atoms with Crippen molar-refractivity contribution in [3.63, 3.8) is 0 Å². The number of hydrogen-bond donors (Lipinski definition) is 1. The Labute approximate surface area is 83.3 Å². The van der Waals surface area contributed by atoms with E-state index < -0.39 is 0 Å². The van der Waals surface area contributed by atoms with Crippen LogP contribution in [0.2, 0.25) is 5.02 Å². The minimum atomic E-state index is 0.578. The average molecular weight is 197 g/mol. The molecule has 2 nitrogen and oxygen atoms in total. The van der Waals surface area contributed by atoms with Gasteiger partial charge in [-0.15, -0.1) is 0 Å². The van der Waals surface area contributed by atoms with Crippen LogP contribution in [0.1, 0.15) is 23.6 Å². The molecule has 1 unspecified atom stereocenters. The molecule has 0 radical (unpaired) electrons. The lowest BCUT2D eigenvalue weighted by Crippen LogP contribution is -2.08. The van der Waals surface area contributed by atoms with Crippen LogP contribution in [0.15, 0.2) is 12.3 Å². The van der Waals surface area contributed by atoms with Crippen molar-refractivity contribution in [1.29, 1.82) is 0 Å². The molecule has 1 aromatic rings. The van der Waals surface area contributed by atoms with Gasteiger partial charge in [0, 0.05) is 18.4 Å². The zero-order chi connectivity index (χ0) is 9.26. The number of pyridine rings is 1. The van der Waals surface area contributed by atoms with Crippen LogP contribution in [0, 0.1) is 6.92 Å². The summed E-state index contributed by atoms with van der Waals surface area (Å²) in [5.74, 6) is 0.578. The molecule has 0 aromatic carbocycles. The SMILES string of the molecule is Cc1cc(C2CCNC2)c(Cl)cn1. The molecule has 0 amide bonds. The average Bonchev–Trinajstić information content (AvgIpc) is 2.61. The van der Waals surface area contributed by atoms with Crippen LogP contribution in [0.5, 0.6) is 0 Å². The maximum absolute atomic E-state index is 6.09. The largest absolute Gasteiger partial charge is 0.316 e. The molecule has 2 rings (SSSR count). The molecule has 2 heterocycles. The Morgan fingerprint density at radius 1 is 1.62 bits per heavy atom. The van der Waals surface area contributed by atoms with Crippen LogP contribution in [-0.2, 0) is 0 Å². The first-order valence-corrected chi connectivity index (χ1v) is 4.98. The van der Waals surface area contributed by atoms with E-state index in [1.807, 2.05) is 6.92 Å². The highest BCUT2D eigenvalue weighted by Crippen LogP contribution is 2.28. The van der Waals surface area contributed by atoms with Gasteiger partial charge in [0.25, 0.3) is 0 Å². The Morgan fingerprint density at radius 3 is 3.15 bits per heavy atom. The number of aromatic nitrogens is 1. The van der Waals surface area contributed by atoms with E-state index >= 15 is 0 Å². The number of nitrogens with one attached hydrogen (secondary N) is 1. The van der Waals surface area contributed by atoms with E-state index in [1.165, 1.54) is 12.0 Å². The Morgan fingerprint density at radius 2 is 2.46 bits per heavy atom. The van der Waals surface area contributed by atoms with Crippen molar-refractivity contribution in [2.45, 2.75) is 19.3 Å². The second-order valence-electron chi connectivity index (χ2n) is 3.54. The third kappa shape index (κ3) is 1.84. The van der Waals surface area contributed by atoms with Gasteiger partial charge >= 0.3 is 0 Å². The molecule has 1 aliphatic rings. The summed E-state index contributed by atoms with van der Waals surface area (Å²) in [5, 5.41) is 4.14. The minimum absolute atomic E-state index is 0.578. The molecule has 1 N–H and O–H groups in total. The van der Waals surface area contributed by atoms with Crippen molar-refractivity contribution in [2.75, 3.05) is 13.1 Å². The van der Waals surface area contributed by atoms with E-state index in [0.717, 1.165) is 23.8 Å². The van der Waals surface area contributed by atoms with E-state index in [1.54, 1.807) is 6.20 Å². The first kappa shape index (κ1) is 8.97. The van der Waals surface area contributed by atoms with Crippen molar-refractivity contribution in [3.8, 4) is 0 Å². The molecule has 0 spiro atoms. The molecule has 0 aliphatic carbocycles. The fraction of sp³-hybridized carbons (Fsp3) is 0.500. The number of rotatable bonds is 1. The molecule has 3 heteroatoms. The van der Waals surface area contributed by atoms with E-state index in [2.05, 4.69) is 16.4 Å². The maximum Gasteiger partial charge on any atom is 0.0624 e. The molecule has 70 valence electrons. The van der Waals surface area contributed by atoms with Gasteiger partial charge in [0.15, 0.2) is 0 Å². The van der Waals surface area contributed by atoms with Crippen LogP contribution in [0.4, 0.5) is 0 Å². The Kier molecular flexibility index (Phi) is 2.51. The van der Waals surface area contributed by atoms with E-state index in [4.69, 9.17) is 11.6 Å². The zero-order valence-corrected chi connectivity index (χ0v) is 8.43. The van der Waals surface area contributed by atoms with Gasteiger partial charge in [0.05, 0.1) is 5.02 Å². The molecule has 13 heavy (non-hydrogen) atoms. The normalized spacial score (nSPS) is 22.2. The lowest BCUT2D eigenvalue weighted by Gasteiger charge is -2.10. The summed E-state index contributed by atoms with van der Waals surface area (Å²) < 4.78 is 0. The van der Waals surface area contributed by atoms with Crippen molar-refractivity contribution in [2.24, 2.45) is 0 Å². The van der Waals surface area contributed by atoms with Crippen LogP contribution < -0.4 is 5.32 Å². The van der Waals surface area contributed by atoms with Crippen molar-refractivity contribution in [1.82, 2.24) is 10.3 Å². The summed E-state index contributed by atoms with van der Waals surface area (Å²) in [6, 6.07) is 2.10. The van der Waals surface area contributed by atoms with E-state index in [0.29, 0.717) is 5.92 Å². The molecule has 1 fully saturated rings. The Balaban J connectivity index is 2.32. The minimum Gasteiger partial charge on any atom is -0.316 e. The molecular formula is C10H13ClN2. The van der Waals surface area contributed by atoms with Gasteiger partial charge in [0.1, 0.15) is 0 Å². The molecule has 1 saturated heterocycles. The number of halogens is 1. The lowest BCUT2D eigenvalue weighted by molar-refractivity contribution is 0.760. The maximum atomic E-state index is 6.09. The summed E-state index contributed by atoms with van der Waals surface area (Å²) in [6.07, 6.45) is 2.94. The number of hydrogen-bond acceptors (Lipinski definition) is 2. The quantitative estimate of drug-likeness (QED) is 0.745. The number of aryl methyl sites for hydroxylation is 1. The van der Waals surface area contributed by atoms with Gasteiger partial charge < -0.3 is 5.32 Å². The standard InChI is InChI=1S/C10H13ClN2/c1-7-4-9(10(11)6-13-7)8-2-3-12-5-8/h4,6,8,12H,2-3,5H2,1H3. The van der Waals surface area contributed by atoms with Gasteiger partial charge in [-0.05, 0) is 37.4 Å². The van der Waals surface area contributed by atoms with Crippen molar-refractivity contribution >= 4 is 11.6 Å². The topological polar surface area (TPSA) is 24.9 Å². The first-order chi connectivity index (χ1) is 6.27. The Hall–Kier alpha value is -0.600. The fourth-order valence-electron chi connectivity index (χ4n) is 1.80. The first-order valence-electron chi connectivity index (χ1n) is 4.60. The summed E-state index contributed by atoms with van der Waals surface area (Å²) >= 11 is 6.09. The Bertz CT molecular complexity index is 306. The second kappa shape index (κ2) is 3.64. The predicted octanol–water partition coefficient (Wildman–Crippen LogP) is 2.12. The van der Waals surface area contributed by atoms with E-state index in [-0.39, 0.29) is 0 Å². The van der Waals surface area contributed by atoms with Crippen molar-refractivity contribution in [3.05, 3.63) is 28.5 Å². The molecule has 1 aliphatic heterocycles. The van der Waals surface area contributed by atoms with Gasteiger partial charge in [-0.3, -0.25) is 4.98 Å². The van der Waals surface area contributed by atoms with Crippen LogP contribution >= 0.6 is 11.6 Å². The highest BCUT2D eigenvalue weighted by molar-refractivity contribution is 6.31. The third-order valence-corrected chi connectivity index (χ3v) is 2.84. The van der Waals surface area contributed by atoms with Gasteiger partial charge in [0.2, 0.25) is 0 Å². The van der Waals surface area contributed by atoms with Gasteiger partial charge in [-0.25, -0.2) is 0 Å². The van der Waals surface area contributed by atoms with Gasteiger partial charge in [-0.2, -0.15) is 0 Å². The highest BCUT2D eigenvalue weighted by atomic mass is 35.5. The summed E-state index contributed by atoms with van der Waals surface area (Å²) in [4.78, 5) is 4.16. The molecular weight excluding hydrogens is 184 g/mol. The fourth-order valence-corrected chi connectivity index (χ4v) is 2.05. The monoisotopic (exact) mass is 196 g/mol. The molecule has 0 bridgehead atoms. The molecule has 1 aromatic heterocycles.